The van der Waals surface area contributed by atoms with Gasteiger partial charge in [0.1, 0.15) is 16.3 Å². The third-order valence-corrected chi connectivity index (χ3v) is 6.89. The maximum absolute atomic E-state index is 13.4. The summed E-state index contributed by atoms with van der Waals surface area (Å²) in [6.07, 6.45) is 3.69. The van der Waals surface area contributed by atoms with E-state index in [1.54, 1.807) is 25.3 Å². The molecule has 0 N–H and O–H groups in total. The average Bonchev–Trinajstić information content (AvgIpc) is 2.81. The van der Waals surface area contributed by atoms with Crippen LogP contribution in [0.1, 0.15) is 48.7 Å². The topological polar surface area (TPSA) is 72.6 Å². The van der Waals surface area contributed by atoms with Crippen LogP contribution in [0.3, 0.4) is 0 Å². The van der Waals surface area contributed by atoms with Crippen molar-refractivity contribution in [2.75, 3.05) is 13.7 Å². The van der Waals surface area contributed by atoms with Crippen molar-refractivity contribution in [3.05, 3.63) is 41.3 Å². The monoisotopic (exact) mass is 364 g/mol. The summed E-state index contributed by atoms with van der Waals surface area (Å²) in [5, 5.41) is 3.82. The Labute approximate surface area is 148 Å². The zero-order chi connectivity index (χ0) is 18.0. The first kappa shape index (κ1) is 17.9. The Morgan fingerprint density at radius 3 is 2.48 bits per heavy atom. The number of hydrogen-bond acceptors (Lipinski definition) is 5. The van der Waals surface area contributed by atoms with E-state index in [2.05, 4.69) is 5.16 Å². The summed E-state index contributed by atoms with van der Waals surface area (Å²) < 4.78 is 38.6. The first-order valence-corrected chi connectivity index (χ1v) is 9.98. The molecule has 0 amide bonds. The van der Waals surface area contributed by atoms with Gasteiger partial charge in [-0.1, -0.05) is 30.1 Å². The number of aryl methyl sites for hydroxylation is 2. The minimum Gasteiger partial charge on any atom is -0.497 e. The van der Waals surface area contributed by atoms with Gasteiger partial charge in [-0.2, -0.15) is 4.31 Å². The van der Waals surface area contributed by atoms with Crippen molar-refractivity contribution in [1.82, 2.24) is 9.46 Å². The van der Waals surface area contributed by atoms with Gasteiger partial charge in [-0.05, 0) is 44.4 Å². The fourth-order valence-electron chi connectivity index (χ4n) is 3.49. The molecular weight excluding hydrogens is 340 g/mol. The van der Waals surface area contributed by atoms with Crippen LogP contribution in [0.5, 0.6) is 5.75 Å². The van der Waals surface area contributed by atoms with Crippen LogP contribution in [0.4, 0.5) is 0 Å². The summed E-state index contributed by atoms with van der Waals surface area (Å²) in [6, 6.07) is 7.46. The van der Waals surface area contributed by atoms with Gasteiger partial charge < -0.3 is 9.26 Å². The Morgan fingerprint density at radius 1 is 1.16 bits per heavy atom. The van der Waals surface area contributed by atoms with Gasteiger partial charge in [0.25, 0.3) is 0 Å². The second-order valence-corrected chi connectivity index (χ2v) is 8.23. The third kappa shape index (κ3) is 3.43. The largest absolute Gasteiger partial charge is 0.497 e. The molecule has 1 aliphatic rings. The van der Waals surface area contributed by atoms with Crippen LogP contribution in [-0.2, 0) is 10.0 Å². The average molecular weight is 364 g/mol. The quantitative estimate of drug-likeness (QED) is 0.829. The van der Waals surface area contributed by atoms with Gasteiger partial charge in [0.05, 0.1) is 13.2 Å². The van der Waals surface area contributed by atoms with Gasteiger partial charge in [0, 0.05) is 6.54 Å². The van der Waals surface area contributed by atoms with Crippen LogP contribution < -0.4 is 4.74 Å². The molecule has 1 saturated heterocycles. The molecule has 1 aromatic carbocycles. The van der Waals surface area contributed by atoms with Gasteiger partial charge in [0.15, 0.2) is 5.76 Å². The molecule has 0 radical (unpaired) electrons. The van der Waals surface area contributed by atoms with Gasteiger partial charge in [-0.15, -0.1) is 0 Å². The number of aromatic nitrogens is 1. The molecule has 2 heterocycles. The predicted molar refractivity (Wildman–Crippen MR) is 94.1 cm³/mol. The summed E-state index contributed by atoms with van der Waals surface area (Å²) >= 11 is 0. The molecule has 0 aliphatic carbocycles. The molecule has 0 bridgehead atoms. The molecule has 1 fully saturated rings. The van der Waals surface area contributed by atoms with E-state index >= 15 is 0 Å². The Bertz CT molecular complexity index is 808. The number of benzene rings is 1. The highest BCUT2D eigenvalue weighted by Crippen LogP contribution is 2.36. The molecule has 7 heteroatoms. The van der Waals surface area contributed by atoms with E-state index in [1.807, 2.05) is 24.3 Å². The standard InChI is InChI=1S/C18H24N2O4S/c1-13-18(14(2)24-19-13)25(21,22)20-12-6-4-5-7-17(20)15-8-10-16(23-3)11-9-15/h8-11,17H,4-7,12H2,1-3H3/t17-/m0/s1. The molecule has 1 aromatic heterocycles. The highest BCUT2D eigenvalue weighted by molar-refractivity contribution is 7.89. The Morgan fingerprint density at radius 2 is 1.88 bits per heavy atom. The number of methoxy groups -OCH3 is 1. The summed E-state index contributed by atoms with van der Waals surface area (Å²) in [5.41, 5.74) is 1.40. The van der Waals surface area contributed by atoms with E-state index in [4.69, 9.17) is 9.26 Å². The number of ether oxygens (including phenoxy) is 1. The fraction of sp³-hybridized carbons (Fsp3) is 0.500. The molecule has 1 aliphatic heterocycles. The van der Waals surface area contributed by atoms with Gasteiger partial charge >= 0.3 is 0 Å². The van der Waals surface area contributed by atoms with Gasteiger partial charge in [-0.3, -0.25) is 0 Å². The van der Waals surface area contributed by atoms with Crippen LogP contribution >= 0.6 is 0 Å². The summed E-state index contributed by atoms with van der Waals surface area (Å²) in [7, 11) is -2.05. The van der Waals surface area contributed by atoms with Crippen molar-refractivity contribution in [3.8, 4) is 5.75 Å². The first-order chi connectivity index (χ1) is 11.9. The number of rotatable bonds is 4. The van der Waals surface area contributed by atoms with Crippen LogP contribution in [0.2, 0.25) is 0 Å². The second kappa shape index (κ2) is 7.17. The zero-order valence-electron chi connectivity index (χ0n) is 14.9. The first-order valence-electron chi connectivity index (χ1n) is 8.54. The molecule has 3 rings (SSSR count). The van der Waals surface area contributed by atoms with Gasteiger partial charge in [-0.25, -0.2) is 8.42 Å². The van der Waals surface area contributed by atoms with Crippen molar-refractivity contribution in [1.29, 1.82) is 0 Å². The lowest BCUT2D eigenvalue weighted by Crippen LogP contribution is -2.35. The molecule has 0 unspecified atom stereocenters. The second-order valence-electron chi connectivity index (χ2n) is 6.41. The Balaban J connectivity index is 2.03. The minimum absolute atomic E-state index is 0.188. The van der Waals surface area contributed by atoms with Crippen LogP contribution in [0.25, 0.3) is 0 Å². The summed E-state index contributed by atoms with van der Waals surface area (Å²) in [5.74, 6) is 1.10. The normalized spacial score (nSPS) is 19.6. The fourth-order valence-corrected chi connectivity index (χ4v) is 5.47. The van der Waals surface area contributed by atoms with Crippen LogP contribution in [-0.4, -0.2) is 31.5 Å². The smallest absolute Gasteiger partial charge is 0.249 e. The van der Waals surface area contributed by atoms with E-state index < -0.39 is 10.0 Å². The molecular formula is C18H24N2O4S. The van der Waals surface area contributed by atoms with Crippen molar-refractivity contribution in [2.24, 2.45) is 0 Å². The molecule has 0 spiro atoms. The summed E-state index contributed by atoms with van der Waals surface area (Å²) in [4.78, 5) is 0.202. The van der Waals surface area contributed by atoms with E-state index in [0.717, 1.165) is 37.0 Å². The highest BCUT2D eigenvalue weighted by Gasteiger charge is 2.37. The van der Waals surface area contributed by atoms with Crippen molar-refractivity contribution >= 4 is 10.0 Å². The van der Waals surface area contributed by atoms with E-state index in [1.165, 1.54) is 0 Å². The third-order valence-electron chi connectivity index (χ3n) is 4.74. The number of nitrogens with zero attached hydrogens (tertiary/aromatic N) is 2. The highest BCUT2D eigenvalue weighted by atomic mass is 32.2. The lowest BCUT2D eigenvalue weighted by Gasteiger charge is -2.29. The van der Waals surface area contributed by atoms with E-state index in [0.29, 0.717) is 18.0 Å². The number of sulfonamides is 1. The van der Waals surface area contributed by atoms with Crippen molar-refractivity contribution < 1.29 is 17.7 Å². The molecule has 0 saturated carbocycles. The van der Waals surface area contributed by atoms with Crippen molar-refractivity contribution in [2.45, 2.75) is 50.5 Å². The maximum Gasteiger partial charge on any atom is 0.249 e. The molecule has 2 aromatic rings. The number of hydrogen-bond donors (Lipinski definition) is 0. The Hall–Kier alpha value is -1.86. The van der Waals surface area contributed by atoms with Crippen LogP contribution in [0, 0.1) is 13.8 Å². The molecule has 136 valence electrons. The molecule has 25 heavy (non-hydrogen) atoms. The van der Waals surface area contributed by atoms with Crippen LogP contribution in [0.15, 0.2) is 33.7 Å². The maximum atomic E-state index is 13.4. The SMILES string of the molecule is COc1ccc([C@@H]2CCCCCN2S(=O)(=O)c2c(C)noc2C)cc1. The molecule has 1 atom stereocenters. The lowest BCUT2D eigenvalue weighted by atomic mass is 10.0. The Kier molecular flexibility index (Phi) is 5.15. The lowest BCUT2D eigenvalue weighted by molar-refractivity contribution is 0.327. The van der Waals surface area contributed by atoms with E-state index in [-0.39, 0.29) is 10.9 Å². The molecule has 6 nitrogen and oxygen atoms in total. The summed E-state index contributed by atoms with van der Waals surface area (Å²) in [6.45, 7) is 3.82. The predicted octanol–water partition coefficient (Wildman–Crippen LogP) is 3.61. The van der Waals surface area contributed by atoms with E-state index in [9.17, 15) is 8.42 Å². The zero-order valence-corrected chi connectivity index (χ0v) is 15.7. The van der Waals surface area contributed by atoms with Crippen molar-refractivity contribution in [3.63, 3.8) is 0 Å². The minimum atomic E-state index is -3.67. The van der Waals surface area contributed by atoms with Gasteiger partial charge in [0.2, 0.25) is 10.0 Å².